The summed E-state index contributed by atoms with van der Waals surface area (Å²) < 4.78 is 19.4. The first-order valence-corrected chi connectivity index (χ1v) is 6.87. The van der Waals surface area contributed by atoms with Gasteiger partial charge >= 0.3 is 0 Å². The largest absolute Gasteiger partial charge is 0.371 e. The highest BCUT2D eigenvalue weighted by Crippen LogP contribution is 2.19. The minimum Gasteiger partial charge on any atom is -0.371 e. The predicted octanol–water partition coefficient (Wildman–Crippen LogP) is 3.31. The van der Waals surface area contributed by atoms with Crippen molar-refractivity contribution >= 4 is 23.2 Å². The van der Waals surface area contributed by atoms with Crippen LogP contribution < -0.4 is 0 Å². The molecule has 18 heavy (non-hydrogen) atoms. The first-order valence-electron chi connectivity index (χ1n) is 5.96. The van der Waals surface area contributed by atoms with Gasteiger partial charge in [-0.1, -0.05) is 17.7 Å². The van der Waals surface area contributed by atoms with Gasteiger partial charge in [-0.2, -0.15) is 0 Å². The maximum absolute atomic E-state index is 13.7. The van der Waals surface area contributed by atoms with E-state index in [1.165, 1.54) is 6.07 Å². The molecular weight excluding hydrogens is 276 g/mol. The molecule has 1 saturated heterocycles. The second kappa shape index (κ2) is 6.20. The summed E-state index contributed by atoms with van der Waals surface area (Å²) in [7, 11) is 0. The molecule has 2 unspecified atom stereocenters. The third-order valence-corrected chi connectivity index (χ3v) is 3.56. The molecule has 2 rings (SSSR count). The Bertz CT molecular complexity index is 416. The zero-order valence-electron chi connectivity index (χ0n) is 10.2. The van der Waals surface area contributed by atoms with Crippen LogP contribution in [-0.2, 0) is 11.3 Å². The van der Waals surface area contributed by atoms with Crippen molar-refractivity contribution in [1.29, 1.82) is 0 Å². The zero-order valence-corrected chi connectivity index (χ0v) is 11.7. The Morgan fingerprint density at radius 2 is 2.22 bits per heavy atom. The van der Waals surface area contributed by atoms with Crippen LogP contribution in [0, 0.1) is 5.82 Å². The third kappa shape index (κ3) is 3.58. The van der Waals surface area contributed by atoms with Gasteiger partial charge in [-0.25, -0.2) is 4.39 Å². The van der Waals surface area contributed by atoms with E-state index < -0.39 is 0 Å². The van der Waals surface area contributed by atoms with E-state index in [4.69, 9.17) is 27.9 Å². The fraction of sp³-hybridized carbons (Fsp3) is 0.538. The number of rotatable bonds is 3. The molecular formula is C13H16Cl2FNO. The highest BCUT2D eigenvalue weighted by Gasteiger charge is 2.25. The van der Waals surface area contributed by atoms with E-state index in [0.29, 0.717) is 23.0 Å². The van der Waals surface area contributed by atoms with Gasteiger partial charge in [-0.15, -0.1) is 11.6 Å². The molecule has 1 aliphatic heterocycles. The summed E-state index contributed by atoms with van der Waals surface area (Å²) in [5, 5.41) is 0.422. The predicted molar refractivity (Wildman–Crippen MR) is 71.7 cm³/mol. The van der Waals surface area contributed by atoms with Gasteiger partial charge in [0.05, 0.1) is 12.2 Å². The summed E-state index contributed by atoms with van der Waals surface area (Å²) in [6.07, 6.45) is 0.142. The number of benzene rings is 1. The van der Waals surface area contributed by atoms with Gasteiger partial charge in [0, 0.05) is 36.1 Å². The molecule has 0 aromatic heterocycles. The number of alkyl halides is 1. The number of ether oxygens (including phenoxy) is 1. The van der Waals surface area contributed by atoms with Crippen molar-refractivity contribution in [3.05, 3.63) is 34.6 Å². The fourth-order valence-electron chi connectivity index (χ4n) is 2.25. The van der Waals surface area contributed by atoms with Crippen LogP contribution in [0.3, 0.4) is 0 Å². The van der Waals surface area contributed by atoms with Crippen molar-refractivity contribution < 1.29 is 9.13 Å². The van der Waals surface area contributed by atoms with E-state index in [0.717, 1.165) is 13.1 Å². The van der Waals surface area contributed by atoms with Crippen LogP contribution >= 0.6 is 23.2 Å². The average Bonchev–Trinajstić information content (AvgIpc) is 2.32. The van der Waals surface area contributed by atoms with E-state index in [1.807, 2.05) is 6.92 Å². The van der Waals surface area contributed by atoms with Gasteiger partial charge < -0.3 is 4.74 Å². The minimum absolute atomic E-state index is 0.0192. The van der Waals surface area contributed by atoms with Crippen LogP contribution in [0.4, 0.5) is 4.39 Å². The molecule has 0 saturated carbocycles. The Kier molecular flexibility index (Phi) is 4.84. The van der Waals surface area contributed by atoms with Crippen LogP contribution in [0.2, 0.25) is 5.02 Å². The maximum atomic E-state index is 13.7. The minimum atomic E-state index is -0.260. The molecule has 5 heteroatoms. The van der Waals surface area contributed by atoms with E-state index in [-0.39, 0.29) is 18.0 Å². The van der Waals surface area contributed by atoms with Crippen LogP contribution in [0.15, 0.2) is 18.2 Å². The lowest BCUT2D eigenvalue weighted by Crippen LogP contribution is -2.46. The van der Waals surface area contributed by atoms with Crippen LogP contribution in [-0.4, -0.2) is 36.1 Å². The van der Waals surface area contributed by atoms with Gasteiger partial charge in [0.15, 0.2) is 0 Å². The molecule has 0 radical (unpaired) electrons. The zero-order chi connectivity index (χ0) is 13.1. The van der Waals surface area contributed by atoms with E-state index in [2.05, 4.69) is 4.90 Å². The monoisotopic (exact) mass is 291 g/mol. The van der Waals surface area contributed by atoms with Crippen molar-refractivity contribution in [3.63, 3.8) is 0 Å². The van der Waals surface area contributed by atoms with Crippen LogP contribution in [0.1, 0.15) is 12.5 Å². The van der Waals surface area contributed by atoms with E-state index in [9.17, 15) is 4.39 Å². The van der Waals surface area contributed by atoms with Crippen LogP contribution in [0.5, 0.6) is 0 Å². The summed E-state index contributed by atoms with van der Waals surface area (Å²) in [5.41, 5.74) is 0.654. The van der Waals surface area contributed by atoms with E-state index in [1.54, 1.807) is 12.1 Å². The Hall–Kier alpha value is -0.350. The first-order chi connectivity index (χ1) is 8.58. The summed E-state index contributed by atoms with van der Waals surface area (Å²) in [6, 6.07) is 4.79. The molecule has 1 aromatic rings. The molecule has 0 N–H and O–H groups in total. The average molecular weight is 292 g/mol. The Morgan fingerprint density at radius 1 is 1.44 bits per heavy atom. The number of halogens is 3. The standard InChI is InChI=1S/C13H16Cl2FNO/c1-9-6-17(8-12(5-14)18-9)7-10-2-3-11(15)4-13(10)16/h2-4,9,12H,5-8H2,1H3. The number of morpholine rings is 1. The molecule has 0 spiro atoms. The molecule has 0 aliphatic carbocycles. The van der Waals surface area contributed by atoms with E-state index >= 15 is 0 Å². The van der Waals surface area contributed by atoms with Crippen molar-refractivity contribution in [2.24, 2.45) is 0 Å². The molecule has 2 atom stereocenters. The normalized spacial score (nSPS) is 25.3. The summed E-state index contributed by atoms with van der Waals surface area (Å²) in [4.78, 5) is 2.16. The lowest BCUT2D eigenvalue weighted by molar-refractivity contribution is -0.0691. The molecule has 1 heterocycles. The smallest absolute Gasteiger partial charge is 0.129 e. The van der Waals surface area contributed by atoms with Crippen molar-refractivity contribution in [3.8, 4) is 0 Å². The first kappa shape index (κ1) is 14.1. The van der Waals surface area contributed by atoms with Gasteiger partial charge in [0.1, 0.15) is 5.82 Å². The van der Waals surface area contributed by atoms with Crippen LogP contribution in [0.25, 0.3) is 0 Å². The highest BCUT2D eigenvalue weighted by atomic mass is 35.5. The number of hydrogen-bond donors (Lipinski definition) is 0. The second-order valence-corrected chi connectivity index (χ2v) is 5.40. The van der Waals surface area contributed by atoms with Gasteiger partial charge in [0.25, 0.3) is 0 Å². The summed E-state index contributed by atoms with van der Waals surface area (Å²) in [5.74, 6) is 0.202. The van der Waals surface area contributed by atoms with Gasteiger partial charge in [0.2, 0.25) is 0 Å². The Balaban J connectivity index is 2.04. The molecule has 0 amide bonds. The van der Waals surface area contributed by atoms with Crippen molar-refractivity contribution in [1.82, 2.24) is 4.90 Å². The lowest BCUT2D eigenvalue weighted by Gasteiger charge is -2.36. The number of hydrogen-bond acceptors (Lipinski definition) is 2. The molecule has 0 bridgehead atoms. The summed E-state index contributed by atoms with van der Waals surface area (Å²) >= 11 is 11.6. The third-order valence-electron chi connectivity index (χ3n) is 2.98. The summed E-state index contributed by atoms with van der Waals surface area (Å²) in [6.45, 7) is 4.08. The van der Waals surface area contributed by atoms with Crippen molar-refractivity contribution in [2.45, 2.75) is 25.7 Å². The molecule has 100 valence electrons. The SMILES string of the molecule is CC1CN(Cc2ccc(Cl)cc2F)CC(CCl)O1. The second-order valence-electron chi connectivity index (χ2n) is 4.65. The Morgan fingerprint density at radius 3 is 2.89 bits per heavy atom. The Labute approximate surface area is 117 Å². The molecule has 1 fully saturated rings. The molecule has 2 nitrogen and oxygen atoms in total. The van der Waals surface area contributed by atoms with Crippen molar-refractivity contribution in [2.75, 3.05) is 19.0 Å². The van der Waals surface area contributed by atoms with Gasteiger partial charge in [-0.05, 0) is 19.1 Å². The number of nitrogens with zero attached hydrogens (tertiary/aromatic N) is 1. The molecule has 1 aromatic carbocycles. The lowest BCUT2D eigenvalue weighted by atomic mass is 10.1. The quantitative estimate of drug-likeness (QED) is 0.793. The fourth-order valence-corrected chi connectivity index (χ4v) is 2.57. The molecule has 1 aliphatic rings. The topological polar surface area (TPSA) is 12.5 Å². The highest BCUT2D eigenvalue weighted by molar-refractivity contribution is 6.30. The maximum Gasteiger partial charge on any atom is 0.129 e. The van der Waals surface area contributed by atoms with Gasteiger partial charge in [-0.3, -0.25) is 4.90 Å².